The molecule has 24 heavy (non-hydrogen) atoms. The first-order valence-corrected chi connectivity index (χ1v) is 9.18. The van der Waals surface area contributed by atoms with Crippen molar-refractivity contribution in [3.63, 3.8) is 0 Å². The number of benzene rings is 2. The molecule has 3 N–H and O–H groups in total. The molecular weight excluding hydrogens is 434 g/mol. The van der Waals surface area contributed by atoms with Crippen LogP contribution in [0.4, 0.5) is 11.9 Å². The SMILES string of the molecule is Nc1nc2n(n1)[C@@H](c1cccc(Br)c1)C[C@@H](c1ccc(Br)cc1)N2. The highest BCUT2D eigenvalue weighted by Gasteiger charge is 2.30. The molecule has 7 heteroatoms. The molecule has 0 bridgehead atoms. The fourth-order valence-corrected chi connectivity index (χ4v) is 3.78. The highest BCUT2D eigenvalue weighted by molar-refractivity contribution is 9.10. The molecule has 2 atom stereocenters. The standard InChI is InChI=1S/C17H15Br2N5/c18-12-6-4-10(5-7-12)14-9-15(11-2-1-3-13(19)8-11)24-17(21-14)22-16(20)23-24/h1-8,14-15H,9H2,(H3,20,21,22,23)/t14-,15+/m0/s1. The van der Waals surface area contributed by atoms with Gasteiger partial charge in [-0.05, 0) is 41.8 Å². The molecule has 2 heterocycles. The van der Waals surface area contributed by atoms with Gasteiger partial charge < -0.3 is 11.1 Å². The minimum atomic E-state index is 0.0807. The van der Waals surface area contributed by atoms with E-state index >= 15 is 0 Å². The van der Waals surface area contributed by atoms with Crippen LogP contribution < -0.4 is 11.1 Å². The van der Waals surface area contributed by atoms with Crippen molar-refractivity contribution in [2.75, 3.05) is 11.1 Å². The molecule has 0 radical (unpaired) electrons. The maximum atomic E-state index is 5.83. The van der Waals surface area contributed by atoms with Gasteiger partial charge in [0, 0.05) is 8.95 Å². The van der Waals surface area contributed by atoms with Crippen LogP contribution in [0.2, 0.25) is 0 Å². The molecule has 0 amide bonds. The molecular formula is C17H15Br2N5. The maximum absolute atomic E-state index is 5.83. The van der Waals surface area contributed by atoms with Crippen LogP contribution in [0, 0.1) is 0 Å². The predicted octanol–water partition coefficient (Wildman–Crippen LogP) is 4.53. The Labute approximate surface area is 156 Å². The third kappa shape index (κ3) is 2.93. The number of nitrogen functional groups attached to an aromatic ring is 1. The number of nitrogens with one attached hydrogen (secondary N) is 1. The lowest BCUT2D eigenvalue weighted by molar-refractivity contribution is 0.431. The minimum Gasteiger partial charge on any atom is -0.366 e. The van der Waals surface area contributed by atoms with Crippen molar-refractivity contribution in [2.24, 2.45) is 0 Å². The Hall–Kier alpha value is -1.86. The van der Waals surface area contributed by atoms with Gasteiger partial charge in [0.05, 0.1) is 12.1 Å². The molecule has 0 fully saturated rings. The van der Waals surface area contributed by atoms with Gasteiger partial charge in [-0.1, -0.05) is 56.1 Å². The third-order valence-corrected chi connectivity index (χ3v) is 5.23. The summed E-state index contributed by atoms with van der Waals surface area (Å²) in [6.07, 6.45) is 0.869. The van der Waals surface area contributed by atoms with Crippen molar-refractivity contribution in [3.05, 3.63) is 68.6 Å². The quantitative estimate of drug-likeness (QED) is 0.604. The van der Waals surface area contributed by atoms with Gasteiger partial charge in [-0.2, -0.15) is 4.98 Å². The average molecular weight is 449 g/mol. The number of nitrogens with two attached hydrogens (primary N) is 1. The first kappa shape index (κ1) is 15.7. The summed E-state index contributed by atoms with van der Waals surface area (Å²) in [5.74, 6) is 0.991. The molecule has 1 aliphatic heterocycles. The summed E-state index contributed by atoms with van der Waals surface area (Å²) in [6, 6.07) is 16.9. The van der Waals surface area contributed by atoms with Crippen molar-refractivity contribution in [1.82, 2.24) is 14.8 Å². The lowest BCUT2D eigenvalue weighted by Gasteiger charge is -2.31. The Morgan fingerprint density at radius 1 is 1.04 bits per heavy atom. The molecule has 2 aromatic carbocycles. The Kier molecular flexibility index (Phi) is 4.05. The number of hydrogen-bond acceptors (Lipinski definition) is 4. The van der Waals surface area contributed by atoms with Crippen molar-refractivity contribution >= 4 is 43.8 Å². The van der Waals surface area contributed by atoms with Gasteiger partial charge in [-0.3, -0.25) is 0 Å². The Balaban J connectivity index is 1.76. The molecule has 0 aliphatic carbocycles. The average Bonchev–Trinajstić information content (AvgIpc) is 2.94. The first-order chi connectivity index (χ1) is 11.6. The molecule has 1 aromatic heterocycles. The summed E-state index contributed by atoms with van der Waals surface area (Å²) in [4.78, 5) is 4.34. The molecule has 0 saturated carbocycles. The molecule has 122 valence electrons. The summed E-state index contributed by atoms with van der Waals surface area (Å²) in [5, 5.41) is 7.83. The number of halogens is 2. The van der Waals surface area contributed by atoms with E-state index in [9.17, 15) is 0 Å². The molecule has 0 spiro atoms. The Morgan fingerprint density at radius 3 is 2.58 bits per heavy atom. The maximum Gasteiger partial charge on any atom is 0.241 e. The van der Waals surface area contributed by atoms with Gasteiger partial charge in [-0.25, -0.2) is 4.68 Å². The predicted molar refractivity (Wildman–Crippen MR) is 102 cm³/mol. The summed E-state index contributed by atoms with van der Waals surface area (Å²) in [7, 11) is 0. The van der Waals surface area contributed by atoms with Gasteiger partial charge >= 0.3 is 0 Å². The Bertz CT molecular complexity index is 875. The molecule has 3 aromatic rings. The second kappa shape index (κ2) is 6.22. The smallest absolute Gasteiger partial charge is 0.241 e. The van der Waals surface area contributed by atoms with Crippen molar-refractivity contribution < 1.29 is 0 Å². The number of hydrogen-bond donors (Lipinski definition) is 2. The molecule has 0 saturated heterocycles. The van der Waals surface area contributed by atoms with E-state index in [4.69, 9.17) is 5.73 Å². The van der Waals surface area contributed by atoms with Crippen LogP contribution in [0.5, 0.6) is 0 Å². The van der Waals surface area contributed by atoms with E-state index in [0.717, 1.165) is 15.4 Å². The number of aromatic nitrogens is 3. The fraction of sp³-hybridized carbons (Fsp3) is 0.176. The topological polar surface area (TPSA) is 68.8 Å². The largest absolute Gasteiger partial charge is 0.366 e. The van der Waals surface area contributed by atoms with Crippen LogP contribution in [-0.2, 0) is 0 Å². The van der Waals surface area contributed by atoms with E-state index in [1.54, 1.807) is 0 Å². The summed E-state index contributed by atoms with van der Waals surface area (Å²) in [5.41, 5.74) is 8.23. The lowest BCUT2D eigenvalue weighted by atomic mass is 9.93. The molecule has 4 rings (SSSR count). The summed E-state index contributed by atoms with van der Waals surface area (Å²) in [6.45, 7) is 0. The fourth-order valence-electron chi connectivity index (χ4n) is 3.10. The van der Waals surface area contributed by atoms with Crippen LogP contribution in [0.15, 0.2) is 57.5 Å². The zero-order valence-corrected chi connectivity index (χ0v) is 15.8. The van der Waals surface area contributed by atoms with Crippen LogP contribution >= 0.6 is 31.9 Å². The Morgan fingerprint density at radius 2 is 1.83 bits per heavy atom. The van der Waals surface area contributed by atoms with Crippen LogP contribution in [-0.4, -0.2) is 14.8 Å². The zero-order valence-electron chi connectivity index (χ0n) is 12.7. The van der Waals surface area contributed by atoms with Gasteiger partial charge in [0.25, 0.3) is 0 Å². The summed E-state index contributed by atoms with van der Waals surface area (Å²) < 4.78 is 4.00. The van der Waals surface area contributed by atoms with Crippen molar-refractivity contribution in [2.45, 2.75) is 18.5 Å². The molecule has 5 nitrogen and oxygen atoms in total. The third-order valence-electron chi connectivity index (χ3n) is 4.21. The second-order valence-corrected chi connectivity index (χ2v) is 7.62. The highest BCUT2D eigenvalue weighted by atomic mass is 79.9. The normalized spacial score (nSPS) is 19.6. The number of rotatable bonds is 2. The highest BCUT2D eigenvalue weighted by Crippen LogP contribution is 2.38. The van der Waals surface area contributed by atoms with Crippen LogP contribution in [0.25, 0.3) is 0 Å². The minimum absolute atomic E-state index is 0.0807. The van der Waals surface area contributed by atoms with E-state index in [0.29, 0.717) is 5.95 Å². The monoisotopic (exact) mass is 447 g/mol. The van der Waals surface area contributed by atoms with E-state index in [-0.39, 0.29) is 18.0 Å². The lowest BCUT2D eigenvalue weighted by Crippen LogP contribution is -2.28. The van der Waals surface area contributed by atoms with E-state index in [2.05, 4.69) is 83.7 Å². The van der Waals surface area contributed by atoms with Crippen molar-refractivity contribution in [3.8, 4) is 0 Å². The van der Waals surface area contributed by atoms with Gasteiger partial charge in [0.2, 0.25) is 11.9 Å². The van der Waals surface area contributed by atoms with Crippen LogP contribution in [0.1, 0.15) is 29.6 Å². The van der Waals surface area contributed by atoms with Gasteiger partial charge in [0.15, 0.2) is 0 Å². The van der Waals surface area contributed by atoms with Gasteiger partial charge in [-0.15, -0.1) is 5.10 Å². The zero-order chi connectivity index (χ0) is 16.7. The summed E-state index contributed by atoms with van der Waals surface area (Å²) >= 11 is 7.04. The number of anilines is 2. The second-order valence-electron chi connectivity index (χ2n) is 5.79. The van der Waals surface area contributed by atoms with E-state index in [1.165, 1.54) is 11.1 Å². The molecule has 1 aliphatic rings. The number of nitrogens with zero attached hydrogens (tertiary/aromatic N) is 3. The van der Waals surface area contributed by atoms with Crippen LogP contribution in [0.3, 0.4) is 0 Å². The molecule has 0 unspecified atom stereocenters. The van der Waals surface area contributed by atoms with Crippen molar-refractivity contribution in [1.29, 1.82) is 0 Å². The van der Waals surface area contributed by atoms with E-state index < -0.39 is 0 Å². The first-order valence-electron chi connectivity index (χ1n) is 7.59. The number of fused-ring (bicyclic) bond motifs is 1. The van der Waals surface area contributed by atoms with Gasteiger partial charge in [0.1, 0.15) is 0 Å². The van der Waals surface area contributed by atoms with E-state index in [1.807, 2.05) is 16.8 Å².